The molecule has 3 aliphatic heterocycles. The van der Waals surface area contributed by atoms with Gasteiger partial charge in [0.2, 0.25) is 6.29 Å². The quantitative estimate of drug-likeness (QED) is 0.339. The first kappa shape index (κ1) is 30.7. The second kappa shape index (κ2) is 13.2. The van der Waals surface area contributed by atoms with Crippen LogP contribution in [0.1, 0.15) is 12.8 Å². The van der Waals surface area contributed by atoms with Crippen LogP contribution in [0.3, 0.4) is 0 Å². The maximum Gasteiger partial charge on any atom is 0.215 e. The highest BCUT2D eigenvalue weighted by Gasteiger charge is 2.27. The van der Waals surface area contributed by atoms with Crippen molar-refractivity contribution in [1.29, 1.82) is 0 Å². The lowest BCUT2D eigenvalue weighted by molar-refractivity contribution is 0.0982. The molecule has 2 atom stereocenters. The number of hydrogen-bond donors (Lipinski definition) is 2. The minimum atomic E-state index is -2.43. The maximum absolute atomic E-state index is 12.5. The Morgan fingerprint density at radius 3 is 2.26 bits per heavy atom. The number of benzene rings is 2. The third kappa shape index (κ3) is 7.22. The van der Waals surface area contributed by atoms with Gasteiger partial charge in [0, 0.05) is 68.6 Å². The molecule has 0 aliphatic carbocycles. The number of anilines is 3. The highest BCUT2D eigenvalue weighted by molar-refractivity contribution is 7.70. The van der Waals surface area contributed by atoms with Crippen molar-refractivity contribution in [2.24, 2.45) is 9.98 Å². The Morgan fingerprint density at radius 2 is 1.60 bits per heavy atom. The van der Waals surface area contributed by atoms with E-state index in [9.17, 15) is 4.57 Å². The van der Waals surface area contributed by atoms with E-state index >= 15 is 0 Å². The number of amidine groups is 1. The van der Waals surface area contributed by atoms with Crippen LogP contribution in [0.2, 0.25) is 0 Å². The highest BCUT2D eigenvalue weighted by atomic mass is 35.5. The summed E-state index contributed by atoms with van der Waals surface area (Å²) in [5.74, 6) is 1.84. The van der Waals surface area contributed by atoms with Gasteiger partial charge in [0.1, 0.15) is 29.9 Å². The molecule has 3 heterocycles. The third-order valence-electron chi connectivity index (χ3n) is 8.30. The van der Waals surface area contributed by atoms with Crippen LogP contribution < -0.4 is 30.3 Å². The van der Waals surface area contributed by atoms with Crippen LogP contribution in [0, 0.1) is 0 Å². The minimum Gasteiger partial charge on any atom is -0.495 e. The number of halogens is 1. The van der Waals surface area contributed by atoms with Crippen molar-refractivity contribution in [3.05, 3.63) is 36.4 Å². The molecule has 0 radical (unpaired) electrons. The fourth-order valence-electron chi connectivity index (χ4n) is 5.70. The van der Waals surface area contributed by atoms with Gasteiger partial charge in [-0.2, -0.15) is 0 Å². The summed E-state index contributed by atoms with van der Waals surface area (Å²) >= 11 is 6.54. The Morgan fingerprint density at radius 1 is 0.929 bits per heavy atom. The Balaban J connectivity index is 1.24. The van der Waals surface area contributed by atoms with Gasteiger partial charge in [0.15, 0.2) is 0 Å². The summed E-state index contributed by atoms with van der Waals surface area (Å²) in [5.41, 5.74) is 2.65. The van der Waals surface area contributed by atoms with Crippen molar-refractivity contribution in [2.75, 3.05) is 89.4 Å². The van der Waals surface area contributed by atoms with Crippen LogP contribution in [0.5, 0.6) is 11.5 Å². The smallest absolute Gasteiger partial charge is 0.215 e. The number of nitrogens with one attached hydrogen (secondary N) is 2. The molecule has 3 aliphatic rings. The molecule has 10 nitrogen and oxygen atoms in total. The van der Waals surface area contributed by atoms with E-state index in [1.165, 1.54) is 25.9 Å². The molecule has 2 N–H and O–H groups in total. The number of alkyl halides is 1. The number of ether oxygens (including phenoxy) is 2. The topological polar surface area (TPSA) is 94.0 Å². The zero-order chi connectivity index (χ0) is 29.9. The van der Waals surface area contributed by atoms with Gasteiger partial charge in [-0.05, 0) is 63.6 Å². The molecule has 0 amide bonds. The molecule has 0 spiro atoms. The molecule has 42 heavy (non-hydrogen) atoms. The van der Waals surface area contributed by atoms with E-state index in [1.807, 2.05) is 18.2 Å². The molecule has 2 unspecified atom stereocenters. The molecule has 2 saturated heterocycles. The first-order chi connectivity index (χ1) is 20.1. The minimum absolute atomic E-state index is 0.533. The van der Waals surface area contributed by atoms with Gasteiger partial charge in [0.05, 0.1) is 25.6 Å². The molecule has 0 bridgehead atoms. The van der Waals surface area contributed by atoms with Gasteiger partial charge in [-0.25, -0.2) is 9.98 Å². The largest absolute Gasteiger partial charge is 0.495 e. The SMILES string of the molecule is COc1cc(P(C)(C)=O)ccc1NC1=NC(Nc2ccc(N3CCC(N4CCN(C)CC4)CC3)cc2OC)N=CC1Cl. The molecule has 228 valence electrons. The lowest BCUT2D eigenvalue weighted by atomic mass is 10.0. The van der Waals surface area contributed by atoms with E-state index in [-0.39, 0.29) is 0 Å². The van der Waals surface area contributed by atoms with Gasteiger partial charge in [-0.15, -0.1) is 11.6 Å². The van der Waals surface area contributed by atoms with Crippen molar-refractivity contribution in [3.63, 3.8) is 0 Å². The van der Waals surface area contributed by atoms with Gasteiger partial charge in [0.25, 0.3) is 0 Å². The molecule has 0 saturated carbocycles. The van der Waals surface area contributed by atoms with E-state index in [4.69, 9.17) is 26.1 Å². The second-order valence-electron chi connectivity index (χ2n) is 11.5. The van der Waals surface area contributed by atoms with E-state index in [0.29, 0.717) is 23.3 Å². The van der Waals surface area contributed by atoms with E-state index in [1.54, 1.807) is 39.8 Å². The molecule has 0 aromatic heterocycles. The number of rotatable bonds is 8. The number of piperazine rings is 1. The standard InChI is InChI=1S/C30H43ClN7O3P/c1-36-14-16-38(17-15-36)21-10-12-37(13-11-21)22-6-8-26(27(18-22)40-2)34-30-32-20-24(31)29(35-30)33-25-9-7-23(42(4,5)39)19-28(25)41-3/h6-9,18-21,24,30,34H,10-17H2,1-5H3,(H,33,35). The third-order valence-corrected chi connectivity index (χ3v) is 10.1. The highest BCUT2D eigenvalue weighted by Crippen LogP contribution is 2.38. The summed E-state index contributed by atoms with van der Waals surface area (Å²) in [5, 5.41) is 6.87. The summed E-state index contributed by atoms with van der Waals surface area (Å²) in [6, 6.07) is 12.4. The number of nitrogens with zero attached hydrogens (tertiary/aromatic N) is 5. The lowest BCUT2D eigenvalue weighted by Crippen LogP contribution is -2.52. The van der Waals surface area contributed by atoms with Crippen molar-refractivity contribution in [3.8, 4) is 11.5 Å². The summed E-state index contributed by atoms with van der Waals surface area (Å²) in [6.07, 6.45) is 3.43. The van der Waals surface area contributed by atoms with E-state index < -0.39 is 18.8 Å². The first-order valence-corrected chi connectivity index (χ1v) is 17.6. The number of piperidine rings is 1. The van der Waals surface area contributed by atoms with Crippen LogP contribution in [0.4, 0.5) is 17.1 Å². The Hall–Kier alpha value is -2.78. The van der Waals surface area contributed by atoms with E-state index in [2.05, 4.69) is 49.5 Å². The van der Waals surface area contributed by atoms with Gasteiger partial charge in [-0.1, -0.05) is 0 Å². The van der Waals surface area contributed by atoms with Crippen LogP contribution in [-0.4, -0.2) is 113 Å². The monoisotopic (exact) mass is 615 g/mol. The van der Waals surface area contributed by atoms with Gasteiger partial charge < -0.3 is 34.5 Å². The molecular formula is C30H43ClN7O3P. The van der Waals surface area contributed by atoms with Crippen LogP contribution in [0.25, 0.3) is 0 Å². The summed E-state index contributed by atoms with van der Waals surface area (Å²) in [7, 11) is 3.04. The Bertz CT molecular complexity index is 1350. The first-order valence-electron chi connectivity index (χ1n) is 14.5. The zero-order valence-electron chi connectivity index (χ0n) is 25.2. The summed E-state index contributed by atoms with van der Waals surface area (Å²) in [6.45, 7) is 10.2. The average molecular weight is 616 g/mol. The number of likely N-dealkylation sites (N-methyl/N-ethyl adjacent to an activating group) is 1. The van der Waals surface area contributed by atoms with Crippen LogP contribution >= 0.6 is 18.7 Å². The zero-order valence-corrected chi connectivity index (χ0v) is 26.9. The molecule has 12 heteroatoms. The van der Waals surface area contributed by atoms with Crippen molar-refractivity contribution in [1.82, 2.24) is 9.80 Å². The average Bonchev–Trinajstić information content (AvgIpc) is 2.99. The molecule has 2 aromatic rings. The van der Waals surface area contributed by atoms with Crippen molar-refractivity contribution >= 4 is 53.2 Å². The summed E-state index contributed by atoms with van der Waals surface area (Å²) in [4.78, 5) is 16.8. The number of methoxy groups -OCH3 is 2. The summed E-state index contributed by atoms with van der Waals surface area (Å²) < 4.78 is 23.9. The van der Waals surface area contributed by atoms with E-state index in [0.717, 1.165) is 48.6 Å². The molecule has 2 aromatic carbocycles. The number of aliphatic imine (C=N–C) groups is 2. The normalized spacial score (nSPS) is 22.5. The second-order valence-corrected chi connectivity index (χ2v) is 15.2. The van der Waals surface area contributed by atoms with Crippen molar-refractivity contribution < 1.29 is 14.0 Å². The fourth-order valence-corrected chi connectivity index (χ4v) is 6.74. The molecule has 5 rings (SSSR count). The van der Waals surface area contributed by atoms with Crippen molar-refractivity contribution in [2.45, 2.75) is 30.6 Å². The number of hydrogen-bond acceptors (Lipinski definition) is 10. The van der Waals surface area contributed by atoms with Crippen LogP contribution in [-0.2, 0) is 4.57 Å². The maximum atomic E-state index is 12.5. The fraction of sp³-hybridized carbons (Fsp3) is 0.533. The predicted molar refractivity (Wildman–Crippen MR) is 176 cm³/mol. The van der Waals surface area contributed by atoms with Gasteiger partial charge in [-0.3, -0.25) is 4.90 Å². The Labute approximate surface area is 254 Å². The molecular weight excluding hydrogens is 573 g/mol. The predicted octanol–water partition coefficient (Wildman–Crippen LogP) is 4.07. The molecule has 2 fully saturated rings. The van der Waals surface area contributed by atoms with Crippen LogP contribution in [0.15, 0.2) is 46.4 Å². The Kier molecular flexibility index (Phi) is 9.67. The lowest BCUT2D eigenvalue weighted by Gasteiger charge is -2.42. The van der Waals surface area contributed by atoms with Gasteiger partial charge >= 0.3 is 0 Å².